The molecule has 6 nitrogen and oxygen atoms in total. The topological polar surface area (TPSA) is 50.6 Å². The molecule has 36 heavy (non-hydrogen) atoms. The van der Waals surface area contributed by atoms with Crippen molar-refractivity contribution in [1.82, 2.24) is 25.3 Å². The van der Waals surface area contributed by atoms with E-state index in [1.54, 1.807) is 0 Å². The van der Waals surface area contributed by atoms with Crippen LogP contribution in [-0.4, -0.2) is 105 Å². The molecule has 0 bridgehead atoms. The minimum atomic E-state index is 0.165. The fraction of sp³-hybridized carbons (Fsp3) is 0.759. The molecular weight excluding hydrogens is 466 g/mol. The van der Waals surface area contributed by atoms with Gasteiger partial charge in [0.2, 0.25) is 5.91 Å². The fourth-order valence-electron chi connectivity index (χ4n) is 4.92. The molecule has 1 saturated heterocycles. The first-order valence-corrected chi connectivity index (χ1v) is 15.4. The molecule has 2 aliphatic rings. The molecule has 1 saturated carbocycles. The summed E-state index contributed by atoms with van der Waals surface area (Å²) in [4.78, 5) is 21.0. The van der Waals surface area contributed by atoms with E-state index in [1.165, 1.54) is 89.2 Å². The van der Waals surface area contributed by atoms with Gasteiger partial charge in [0.05, 0.1) is 6.42 Å². The number of hydrogen-bond acceptors (Lipinski definition) is 6. The van der Waals surface area contributed by atoms with Gasteiger partial charge in [0.25, 0.3) is 0 Å². The summed E-state index contributed by atoms with van der Waals surface area (Å²) in [6, 6.07) is 8.92. The molecule has 3 rings (SSSR count). The molecule has 0 spiro atoms. The highest BCUT2D eigenvalue weighted by Gasteiger charge is 2.17. The van der Waals surface area contributed by atoms with Crippen LogP contribution in [0.15, 0.2) is 29.2 Å². The molecule has 1 aromatic rings. The van der Waals surface area contributed by atoms with Crippen LogP contribution in [-0.2, 0) is 11.2 Å². The lowest BCUT2D eigenvalue weighted by Crippen LogP contribution is -2.33. The fourth-order valence-corrected chi connectivity index (χ4v) is 5.73. The van der Waals surface area contributed by atoms with E-state index < -0.39 is 0 Å². The maximum Gasteiger partial charge on any atom is 0.224 e. The summed E-state index contributed by atoms with van der Waals surface area (Å²) in [5.74, 6) is 1.24. The minimum absolute atomic E-state index is 0.165. The quantitative estimate of drug-likeness (QED) is 0.156. The minimum Gasteiger partial charge on any atom is -0.353 e. The van der Waals surface area contributed by atoms with Crippen molar-refractivity contribution in [2.45, 2.75) is 68.7 Å². The second kappa shape index (κ2) is 17.4. The largest absolute Gasteiger partial charge is 0.353 e. The smallest absolute Gasteiger partial charge is 0.224 e. The van der Waals surface area contributed by atoms with E-state index in [9.17, 15) is 4.79 Å². The maximum absolute atomic E-state index is 12.2. The zero-order valence-electron chi connectivity index (χ0n) is 23.0. The van der Waals surface area contributed by atoms with Crippen LogP contribution < -0.4 is 10.6 Å². The van der Waals surface area contributed by atoms with Gasteiger partial charge in [0.1, 0.15) is 0 Å². The number of unbranched alkanes of at least 4 members (excludes halogenated alkanes) is 1. The molecular formula is C29H51N5OS. The summed E-state index contributed by atoms with van der Waals surface area (Å²) in [6.07, 6.45) is 10.4. The first-order chi connectivity index (χ1) is 17.6. The average Bonchev–Trinajstić information content (AvgIpc) is 3.55. The average molecular weight is 518 g/mol. The van der Waals surface area contributed by atoms with Gasteiger partial charge >= 0.3 is 0 Å². The summed E-state index contributed by atoms with van der Waals surface area (Å²) in [7, 11) is 4.52. The monoisotopic (exact) mass is 517 g/mol. The Morgan fingerprint density at radius 1 is 0.917 bits per heavy atom. The van der Waals surface area contributed by atoms with E-state index in [0.29, 0.717) is 12.5 Å². The van der Waals surface area contributed by atoms with E-state index >= 15 is 0 Å². The molecule has 1 heterocycles. The van der Waals surface area contributed by atoms with Crippen LogP contribution in [0.3, 0.4) is 0 Å². The number of carbonyl (C=O) groups excluding carboxylic acids is 1. The zero-order chi connectivity index (χ0) is 25.4. The summed E-state index contributed by atoms with van der Waals surface area (Å²) < 4.78 is 0. The lowest BCUT2D eigenvalue weighted by molar-refractivity contribution is -0.121. The summed E-state index contributed by atoms with van der Waals surface area (Å²) >= 11 is 1.88. The molecule has 1 aromatic carbocycles. The molecule has 1 amide bonds. The van der Waals surface area contributed by atoms with Gasteiger partial charge in [-0.05, 0) is 110 Å². The van der Waals surface area contributed by atoms with Gasteiger partial charge in [-0.15, -0.1) is 11.8 Å². The van der Waals surface area contributed by atoms with E-state index in [-0.39, 0.29) is 5.91 Å². The van der Waals surface area contributed by atoms with Crippen LogP contribution >= 0.6 is 11.8 Å². The summed E-state index contributed by atoms with van der Waals surface area (Å²) in [5, 5.41) is 6.76. The molecule has 0 unspecified atom stereocenters. The normalized spacial score (nSPS) is 16.3. The van der Waals surface area contributed by atoms with E-state index in [4.69, 9.17) is 0 Å². The van der Waals surface area contributed by atoms with Gasteiger partial charge in [0.15, 0.2) is 0 Å². The third kappa shape index (κ3) is 13.4. The lowest BCUT2D eigenvalue weighted by Gasteiger charge is -2.19. The van der Waals surface area contributed by atoms with Crippen molar-refractivity contribution >= 4 is 17.7 Å². The van der Waals surface area contributed by atoms with Crippen molar-refractivity contribution < 1.29 is 4.79 Å². The van der Waals surface area contributed by atoms with Gasteiger partial charge in [-0.2, -0.15) is 0 Å². The third-order valence-corrected chi connectivity index (χ3v) is 8.35. The number of nitrogens with zero attached hydrogens (tertiary/aromatic N) is 3. The Morgan fingerprint density at radius 2 is 1.56 bits per heavy atom. The first-order valence-electron chi connectivity index (χ1n) is 14.4. The Balaban J connectivity index is 1.11. The van der Waals surface area contributed by atoms with Gasteiger partial charge in [-0.3, -0.25) is 4.79 Å². The second-order valence-electron chi connectivity index (χ2n) is 10.8. The van der Waals surface area contributed by atoms with Crippen LogP contribution in [0.25, 0.3) is 0 Å². The molecule has 204 valence electrons. The molecule has 1 aliphatic heterocycles. The zero-order valence-corrected chi connectivity index (χ0v) is 23.8. The van der Waals surface area contributed by atoms with Crippen molar-refractivity contribution in [3.8, 4) is 0 Å². The highest BCUT2D eigenvalue weighted by Crippen LogP contribution is 2.19. The molecule has 0 aromatic heterocycles. The predicted octanol–water partition coefficient (Wildman–Crippen LogP) is 3.71. The van der Waals surface area contributed by atoms with Crippen molar-refractivity contribution in [3.05, 3.63) is 29.8 Å². The Bertz CT molecular complexity index is 721. The second-order valence-corrected chi connectivity index (χ2v) is 12.0. The third-order valence-electron chi connectivity index (χ3n) is 7.33. The van der Waals surface area contributed by atoms with E-state index in [1.807, 2.05) is 11.8 Å². The van der Waals surface area contributed by atoms with Gasteiger partial charge in [-0.1, -0.05) is 25.0 Å². The number of nitrogens with one attached hydrogen (secondary N) is 2. The van der Waals surface area contributed by atoms with Gasteiger partial charge < -0.3 is 25.3 Å². The number of benzene rings is 1. The predicted molar refractivity (Wildman–Crippen MR) is 154 cm³/mol. The summed E-state index contributed by atoms with van der Waals surface area (Å²) in [6.45, 7) is 10.9. The Kier molecular flexibility index (Phi) is 14.2. The van der Waals surface area contributed by atoms with Crippen LogP contribution in [0, 0.1) is 0 Å². The van der Waals surface area contributed by atoms with E-state index in [0.717, 1.165) is 37.2 Å². The molecule has 0 atom stereocenters. The number of amides is 1. The van der Waals surface area contributed by atoms with Crippen molar-refractivity contribution in [1.29, 1.82) is 0 Å². The van der Waals surface area contributed by atoms with Crippen molar-refractivity contribution in [2.24, 2.45) is 0 Å². The first kappa shape index (κ1) is 29.4. The van der Waals surface area contributed by atoms with Crippen LogP contribution in [0.1, 0.15) is 56.9 Å². The SMILES string of the molecule is CN(CCCCN(C)CCCN1CC1)CCCNCCSc1ccc(CC(=O)NC2CCCC2)cc1. The molecule has 2 N–H and O–H groups in total. The van der Waals surface area contributed by atoms with Crippen LogP contribution in [0.2, 0.25) is 0 Å². The highest BCUT2D eigenvalue weighted by molar-refractivity contribution is 7.99. The molecule has 2 fully saturated rings. The molecule has 7 heteroatoms. The summed E-state index contributed by atoms with van der Waals surface area (Å²) in [5.41, 5.74) is 1.10. The van der Waals surface area contributed by atoms with Gasteiger partial charge in [-0.25, -0.2) is 0 Å². The number of carbonyl (C=O) groups is 1. The Morgan fingerprint density at radius 3 is 2.22 bits per heavy atom. The number of thioether (sulfide) groups is 1. The Labute approximate surface area is 224 Å². The standard InChI is InChI=1S/C29H51N5OS/c1-32(17-5-6-18-33(2)20-8-21-34-22-23-34)19-7-15-30-16-24-36-28-13-11-26(12-14-28)25-29(35)31-27-9-3-4-10-27/h11-14,27,30H,3-10,15-25H2,1-2H3,(H,31,35). The van der Waals surface area contributed by atoms with Crippen molar-refractivity contribution in [2.75, 3.05) is 78.8 Å². The van der Waals surface area contributed by atoms with E-state index in [2.05, 4.69) is 63.7 Å². The highest BCUT2D eigenvalue weighted by atomic mass is 32.2. The van der Waals surface area contributed by atoms with Crippen LogP contribution in [0.5, 0.6) is 0 Å². The molecule has 1 aliphatic carbocycles. The van der Waals surface area contributed by atoms with Crippen molar-refractivity contribution in [3.63, 3.8) is 0 Å². The maximum atomic E-state index is 12.2. The Hall–Kier alpha value is -1.12. The van der Waals surface area contributed by atoms with Crippen LogP contribution in [0.4, 0.5) is 0 Å². The number of rotatable bonds is 20. The van der Waals surface area contributed by atoms with Gasteiger partial charge in [0, 0.05) is 36.3 Å². The number of hydrogen-bond donors (Lipinski definition) is 2. The molecule has 0 radical (unpaired) electrons. The lowest BCUT2D eigenvalue weighted by atomic mass is 10.1.